The second kappa shape index (κ2) is 4.43. The van der Waals surface area contributed by atoms with E-state index in [1.807, 2.05) is 0 Å². The molecule has 0 aromatic rings. The Bertz CT molecular complexity index is 146. The van der Waals surface area contributed by atoms with Crippen LogP contribution in [0.15, 0.2) is 0 Å². The predicted octanol–water partition coefficient (Wildman–Crippen LogP) is 1.66. The van der Waals surface area contributed by atoms with Crippen molar-refractivity contribution in [1.82, 2.24) is 4.90 Å². The topological polar surface area (TPSA) is 29.3 Å². The molecule has 0 saturated carbocycles. The van der Waals surface area contributed by atoms with Crippen molar-refractivity contribution in [1.29, 1.82) is 0 Å². The lowest BCUT2D eigenvalue weighted by Gasteiger charge is -2.39. The van der Waals surface area contributed by atoms with Gasteiger partial charge in [-0.25, -0.2) is 0 Å². The minimum Gasteiger partial charge on any atom is -0.330 e. The van der Waals surface area contributed by atoms with Crippen molar-refractivity contribution in [2.45, 2.75) is 33.6 Å². The standard InChI is InChI=1S/C11H23N2/c1-10(2)8-13-6-4-11(3,9-12)5-7-13/h4-9,12H2,1-3H3. The Kier molecular flexibility index (Phi) is 3.74. The van der Waals surface area contributed by atoms with E-state index in [4.69, 9.17) is 5.73 Å². The third-order valence-corrected chi connectivity index (χ3v) is 3.10. The van der Waals surface area contributed by atoms with Gasteiger partial charge in [-0.1, -0.05) is 20.8 Å². The molecule has 2 nitrogen and oxygen atoms in total. The van der Waals surface area contributed by atoms with Gasteiger partial charge in [0.05, 0.1) is 0 Å². The van der Waals surface area contributed by atoms with E-state index in [-0.39, 0.29) is 0 Å². The number of nitrogens with two attached hydrogens (primary N) is 1. The van der Waals surface area contributed by atoms with Gasteiger partial charge in [-0.2, -0.15) is 0 Å². The molecule has 1 saturated heterocycles. The molecule has 0 aromatic carbocycles. The maximum absolute atomic E-state index is 5.76. The van der Waals surface area contributed by atoms with Crippen LogP contribution >= 0.6 is 0 Å². The van der Waals surface area contributed by atoms with Crippen molar-refractivity contribution in [2.75, 3.05) is 26.2 Å². The first-order valence-electron chi connectivity index (χ1n) is 5.27. The first-order chi connectivity index (χ1) is 6.06. The van der Waals surface area contributed by atoms with E-state index in [0.717, 1.165) is 6.54 Å². The van der Waals surface area contributed by atoms with Crippen molar-refractivity contribution in [3.63, 3.8) is 0 Å². The summed E-state index contributed by atoms with van der Waals surface area (Å²) in [4.78, 5) is 2.53. The SMILES string of the molecule is C[C](C)CN1CCC(C)(CN)CC1. The molecular weight excluding hydrogens is 160 g/mol. The van der Waals surface area contributed by atoms with Crippen LogP contribution in [0.3, 0.4) is 0 Å². The molecule has 13 heavy (non-hydrogen) atoms. The first-order valence-corrected chi connectivity index (χ1v) is 5.27. The number of hydrogen-bond acceptors (Lipinski definition) is 2. The Morgan fingerprint density at radius 3 is 2.23 bits per heavy atom. The molecule has 0 unspecified atom stereocenters. The summed E-state index contributed by atoms with van der Waals surface area (Å²) in [6.07, 6.45) is 2.52. The Balaban J connectivity index is 2.30. The fourth-order valence-corrected chi connectivity index (χ4v) is 1.90. The summed E-state index contributed by atoms with van der Waals surface area (Å²) in [6, 6.07) is 0. The lowest BCUT2D eigenvalue weighted by molar-refractivity contribution is 0.128. The number of piperidine rings is 1. The molecule has 1 radical (unpaired) electrons. The molecule has 0 amide bonds. The predicted molar refractivity (Wildman–Crippen MR) is 57.4 cm³/mol. The van der Waals surface area contributed by atoms with Crippen molar-refractivity contribution < 1.29 is 0 Å². The fraction of sp³-hybridized carbons (Fsp3) is 0.909. The molecule has 1 heterocycles. The van der Waals surface area contributed by atoms with Crippen LogP contribution in [-0.2, 0) is 0 Å². The van der Waals surface area contributed by atoms with Gasteiger partial charge in [0, 0.05) is 6.54 Å². The van der Waals surface area contributed by atoms with Gasteiger partial charge in [0.25, 0.3) is 0 Å². The molecule has 0 aliphatic carbocycles. The average molecular weight is 183 g/mol. The molecule has 0 aromatic heterocycles. The number of rotatable bonds is 3. The minimum absolute atomic E-state index is 0.415. The molecule has 0 spiro atoms. The van der Waals surface area contributed by atoms with Gasteiger partial charge in [0.2, 0.25) is 0 Å². The fourth-order valence-electron chi connectivity index (χ4n) is 1.90. The smallest absolute Gasteiger partial charge is 0.00383 e. The Morgan fingerprint density at radius 2 is 1.85 bits per heavy atom. The largest absolute Gasteiger partial charge is 0.330 e. The molecule has 2 N–H and O–H groups in total. The van der Waals surface area contributed by atoms with E-state index in [1.54, 1.807) is 0 Å². The van der Waals surface area contributed by atoms with Gasteiger partial charge in [-0.3, -0.25) is 0 Å². The van der Waals surface area contributed by atoms with Crippen molar-refractivity contribution in [3.8, 4) is 0 Å². The second-order valence-corrected chi connectivity index (χ2v) is 5.00. The van der Waals surface area contributed by atoms with Crippen LogP contribution in [0.1, 0.15) is 33.6 Å². The zero-order chi connectivity index (χ0) is 9.90. The van der Waals surface area contributed by atoms with Gasteiger partial charge in [-0.05, 0) is 43.8 Å². The number of nitrogens with zero attached hydrogens (tertiary/aromatic N) is 1. The molecule has 77 valence electrons. The number of likely N-dealkylation sites (tertiary alicyclic amines) is 1. The lowest BCUT2D eigenvalue weighted by atomic mass is 9.80. The molecular formula is C11H23N2. The van der Waals surface area contributed by atoms with Gasteiger partial charge in [0.1, 0.15) is 0 Å². The third-order valence-electron chi connectivity index (χ3n) is 3.10. The molecule has 0 atom stereocenters. The van der Waals surface area contributed by atoms with Crippen molar-refractivity contribution >= 4 is 0 Å². The highest BCUT2D eigenvalue weighted by Gasteiger charge is 2.28. The third kappa shape index (κ3) is 3.28. The van der Waals surface area contributed by atoms with E-state index in [2.05, 4.69) is 25.7 Å². The van der Waals surface area contributed by atoms with Crippen molar-refractivity contribution in [2.24, 2.45) is 11.1 Å². The first kappa shape index (κ1) is 11.0. The van der Waals surface area contributed by atoms with Crippen LogP contribution in [0.2, 0.25) is 0 Å². The highest BCUT2D eigenvalue weighted by atomic mass is 15.1. The minimum atomic E-state index is 0.415. The van der Waals surface area contributed by atoms with Gasteiger partial charge >= 0.3 is 0 Å². The maximum atomic E-state index is 5.76. The quantitative estimate of drug-likeness (QED) is 0.721. The van der Waals surface area contributed by atoms with E-state index < -0.39 is 0 Å². The van der Waals surface area contributed by atoms with Crippen LogP contribution in [-0.4, -0.2) is 31.1 Å². The van der Waals surface area contributed by atoms with E-state index >= 15 is 0 Å². The summed E-state index contributed by atoms with van der Waals surface area (Å²) in [5, 5.41) is 0. The molecule has 1 aliphatic rings. The molecule has 2 heteroatoms. The van der Waals surface area contributed by atoms with E-state index in [1.165, 1.54) is 38.4 Å². The highest BCUT2D eigenvalue weighted by Crippen LogP contribution is 2.29. The van der Waals surface area contributed by atoms with Gasteiger partial charge in [-0.15, -0.1) is 0 Å². The van der Waals surface area contributed by atoms with E-state index in [9.17, 15) is 0 Å². The Hall–Kier alpha value is -0.0800. The van der Waals surface area contributed by atoms with Crippen LogP contribution in [0.25, 0.3) is 0 Å². The molecule has 1 rings (SSSR count). The molecule has 1 fully saturated rings. The monoisotopic (exact) mass is 183 g/mol. The zero-order valence-electron chi connectivity index (χ0n) is 9.27. The summed E-state index contributed by atoms with van der Waals surface area (Å²) in [5.74, 6) is 1.51. The summed E-state index contributed by atoms with van der Waals surface area (Å²) in [7, 11) is 0. The summed E-state index contributed by atoms with van der Waals surface area (Å²) in [6.45, 7) is 11.2. The van der Waals surface area contributed by atoms with Gasteiger partial charge in [0.15, 0.2) is 0 Å². The second-order valence-electron chi connectivity index (χ2n) is 5.00. The normalized spacial score (nSPS) is 23.8. The lowest BCUT2D eigenvalue weighted by Crippen LogP contribution is -2.43. The Labute approximate surface area is 82.5 Å². The number of hydrogen-bond donors (Lipinski definition) is 1. The average Bonchev–Trinajstić information content (AvgIpc) is 2.09. The molecule has 0 bridgehead atoms. The van der Waals surface area contributed by atoms with E-state index in [0.29, 0.717) is 5.41 Å². The van der Waals surface area contributed by atoms with Gasteiger partial charge < -0.3 is 10.6 Å². The van der Waals surface area contributed by atoms with Crippen molar-refractivity contribution in [3.05, 3.63) is 5.92 Å². The van der Waals surface area contributed by atoms with Crippen LogP contribution < -0.4 is 5.73 Å². The summed E-state index contributed by atoms with van der Waals surface area (Å²) < 4.78 is 0. The highest BCUT2D eigenvalue weighted by molar-refractivity contribution is 4.88. The zero-order valence-corrected chi connectivity index (χ0v) is 9.27. The summed E-state index contributed by atoms with van der Waals surface area (Å²) >= 11 is 0. The van der Waals surface area contributed by atoms with Crippen LogP contribution in [0.5, 0.6) is 0 Å². The van der Waals surface area contributed by atoms with Crippen LogP contribution in [0.4, 0.5) is 0 Å². The Morgan fingerprint density at radius 1 is 1.31 bits per heavy atom. The van der Waals surface area contributed by atoms with Crippen LogP contribution in [0, 0.1) is 11.3 Å². The maximum Gasteiger partial charge on any atom is 0.00383 e. The molecule has 1 aliphatic heterocycles. The summed E-state index contributed by atoms with van der Waals surface area (Å²) in [5.41, 5.74) is 6.18.